The quantitative estimate of drug-likeness (QED) is 0.469. The van der Waals surface area contributed by atoms with Crippen molar-refractivity contribution in [1.82, 2.24) is 5.32 Å². The fourth-order valence-electron chi connectivity index (χ4n) is 2.00. The summed E-state index contributed by atoms with van der Waals surface area (Å²) in [6.07, 6.45) is 4.04. The zero-order chi connectivity index (χ0) is 14.6. The molecule has 0 aromatic heterocycles. The number of nitrogens with one attached hydrogen (secondary N) is 1. The molecule has 0 aliphatic heterocycles. The summed E-state index contributed by atoms with van der Waals surface area (Å²) in [7, 11) is 1.60. The average Bonchev–Trinajstić information content (AvgIpc) is 2.43. The maximum absolute atomic E-state index is 11.0. The van der Waals surface area contributed by atoms with Gasteiger partial charge in [0.2, 0.25) is 0 Å². The highest BCUT2D eigenvalue weighted by Crippen LogP contribution is 2.20. The van der Waals surface area contributed by atoms with Crippen molar-refractivity contribution in [2.45, 2.75) is 51.6 Å². The molecule has 1 N–H and O–H groups in total. The highest BCUT2D eigenvalue weighted by Gasteiger charge is 2.32. The van der Waals surface area contributed by atoms with E-state index in [4.69, 9.17) is 13.6 Å². The van der Waals surface area contributed by atoms with Crippen molar-refractivity contribution in [3.63, 3.8) is 0 Å². The topological polar surface area (TPSA) is 56.8 Å². The Morgan fingerprint density at radius 2 is 1.68 bits per heavy atom. The first-order valence-corrected chi connectivity index (χ1v) is 9.38. The van der Waals surface area contributed by atoms with E-state index in [9.17, 15) is 4.79 Å². The molecule has 0 aromatic rings. The molecular weight excluding hydrogens is 262 g/mol. The first kappa shape index (κ1) is 18.4. The number of carbonyl (C=O) groups is 1. The molecule has 0 spiro atoms. The van der Waals surface area contributed by atoms with Gasteiger partial charge in [-0.05, 0) is 25.4 Å². The SMILES string of the molecule is CCOC(=O)NCCCCCC[Si](CC)(OC)OC. The first-order valence-electron chi connectivity index (χ1n) is 7.15. The van der Waals surface area contributed by atoms with Crippen LogP contribution in [0.25, 0.3) is 0 Å². The average molecular weight is 291 g/mol. The number of rotatable bonds is 11. The number of ether oxygens (including phenoxy) is 1. The van der Waals surface area contributed by atoms with Crippen molar-refractivity contribution in [3.8, 4) is 0 Å². The van der Waals surface area contributed by atoms with Crippen LogP contribution in [0, 0.1) is 0 Å². The van der Waals surface area contributed by atoms with Crippen LogP contribution in [0.3, 0.4) is 0 Å². The lowest BCUT2D eigenvalue weighted by molar-refractivity contribution is 0.152. The van der Waals surface area contributed by atoms with E-state index in [0.717, 1.165) is 37.8 Å². The Morgan fingerprint density at radius 3 is 2.21 bits per heavy atom. The second-order valence-corrected chi connectivity index (χ2v) is 8.33. The number of amides is 1. The fourth-order valence-corrected chi connectivity index (χ4v) is 4.29. The van der Waals surface area contributed by atoms with Gasteiger partial charge in [-0.15, -0.1) is 0 Å². The Morgan fingerprint density at radius 1 is 1.05 bits per heavy atom. The van der Waals surface area contributed by atoms with Crippen LogP contribution in [0.2, 0.25) is 12.1 Å². The fraction of sp³-hybridized carbons (Fsp3) is 0.923. The normalized spacial score (nSPS) is 11.4. The Labute approximate surface area is 118 Å². The van der Waals surface area contributed by atoms with Gasteiger partial charge in [0.1, 0.15) is 0 Å². The summed E-state index contributed by atoms with van der Waals surface area (Å²) in [5.74, 6) is 0. The molecule has 114 valence electrons. The molecule has 0 heterocycles. The Hall–Kier alpha value is -0.593. The van der Waals surface area contributed by atoms with Crippen molar-refractivity contribution in [2.24, 2.45) is 0 Å². The molecule has 0 atom stereocenters. The van der Waals surface area contributed by atoms with Crippen LogP contribution in [-0.4, -0.2) is 42.0 Å². The molecule has 0 unspecified atom stereocenters. The molecule has 6 heteroatoms. The summed E-state index contributed by atoms with van der Waals surface area (Å²) in [6.45, 7) is 5.03. The zero-order valence-electron chi connectivity index (χ0n) is 12.8. The monoisotopic (exact) mass is 291 g/mol. The first-order chi connectivity index (χ1) is 9.14. The number of hydrogen-bond donors (Lipinski definition) is 1. The molecule has 0 saturated heterocycles. The second kappa shape index (κ2) is 11.3. The largest absolute Gasteiger partial charge is 0.450 e. The molecule has 0 rings (SSSR count). The lowest BCUT2D eigenvalue weighted by Gasteiger charge is -2.25. The predicted octanol–water partition coefficient (Wildman–Crippen LogP) is 3.05. The second-order valence-electron chi connectivity index (χ2n) is 4.48. The van der Waals surface area contributed by atoms with Crippen molar-refractivity contribution in [2.75, 3.05) is 27.4 Å². The Kier molecular flexibility index (Phi) is 10.9. The summed E-state index contributed by atoms with van der Waals surface area (Å²) in [6, 6.07) is 2.03. The van der Waals surface area contributed by atoms with Crippen molar-refractivity contribution in [3.05, 3.63) is 0 Å². The van der Waals surface area contributed by atoms with Crippen molar-refractivity contribution >= 4 is 14.7 Å². The van der Waals surface area contributed by atoms with Gasteiger partial charge in [0.05, 0.1) is 6.61 Å². The molecule has 0 aliphatic rings. The van der Waals surface area contributed by atoms with Gasteiger partial charge in [-0.1, -0.05) is 26.2 Å². The Balaban J connectivity index is 3.52. The summed E-state index contributed by atoms with van der Waals surface area (Å²) < 4.78 is 15.9. The van der Waals surface area contributed by atoms with Crippen LogP contribution in [-0.2, 0) is 13.6 Å². The summed E-state index contributed by atoms with van der Waals surface area (Å²) in [5, 5.41) is 2.72. The number of alkyl carbamates (subject to hydrolysis) is 1. The molecule has 0 saturated carbocycles. The van der Waals surface area contributed by atoms with Crippen molar-refractivity contribution < 1.29 is 18.4 Å². The highest BCUT2D eigenvalue weighted by atomic mass is 28.4. The van der Waals surface area contributed by atoms with Crippen LogP contribution >= 0.6 is 0 Å². The van der Waals surface area contributed by atoms with Gasteiger partial charge in [0, 0.05) is 20.8 Å². The van der Waals surface area contributed by atoms with Gasteiger partial charge in [-0.3, -0.25) is 0 Å². The highest BCUT2D eigenvalue weighted by molar-refractivity contribution is 6.67. The summed E-state index contributed by atoms with van der Waals surface area (Å²) >= 11 is 0. The van der Waals surface area contributed by atoms with Crippen LogP contribution in [0.1, 0.15) is 39.5 Å². The molecule has 0 aromatic carbocycles. The molecule has 0 bridgehead atoms. The number of unbranched alkanes of at least 4 members (excludes halogenated alkanes) is 3. The van der Waals surface area contributed by atoms with Gasteiger partial charge in [0.25, 0.3) is 0 Å². The van der Waals surface area contributed by atoms with E-state index in [0.29, 0.717) is 13.2 Å². The van der Waals surface area contributed by atoms with Crippen LogP contribution < -0.4 is 5.32 Å². The van der Waals surface area contributed by atoms with Gasteiger partial charge in [-0.2, -0.15) is 0 Å². The van der Waals surface area contributed by atoms with Gasteiger partial charge in [-0.25, -0.2) is 4.79 Å². The third kappa shape index (κ3) is 8.23. The minimum absolute atomic E-state index is 0.321. The minimum atomic E-state index is -1.90. The van der Waals surface area contributed by atoms with E-state index >= 15 is 0 Å². The zero-order valence-corrected chi connectivity index (χ0v) is 13.8. The summed E-state index contributed by atoms with van der Waals surface area (Å²) in [5.41, 5.74) is 0. The van der Waals surface area contributed by atoms with E-state index in [2.05, 4.69) is 12.2 Å². The van der Waals surface area contributed by atoms with Crippen LogP contribution in [0.4, 0.5) is 4.79 Å². The lowest BCUT2D eigenvalue weighted by Crippen LogP contribution is -2.38. The molecular formula is C13H29NO4Si. The molecule has 1 amide bonds. The Bertz CT molecular complexity index is 226. The third-order valence-corrected chi connectivity index (χ3v) is 6.99. The van der Waals surface area contributed by atoms with Gasteiger partial charge in [0.15, 0.2) is 0 Å². The minimum Gasteiger partial charge on any atom is -0.450 e. The molecule has 0 fully saturated rings. The van der Waals surface area contributed by atoms with E-state index in [1.807, 2.05) is 0 Å². The maximum Gasteiger partial charge on any atom is 0.407 e. The van der Waals surface area contributed by atoms with Gasteiger partial charge >= 0.3 is 14.7 Å². The standard InChI is InChI=1S/C13H29NO4Si/c1-5-18-13(15)14-11-9-7-8-10-12-19(6-2,16-3)17-4/h5-12H2,1-4H3,(H,14,15). The van der Waals surface area contributed by atoms with Crippen LogP contribution in [0.15, 0.2) is 0 Å². The number of hydrogen-bond acceptors (Lipinski definition) is 4. The third-order valence-electron chi connectivity index (χ3n) is 3.31. The van der Waals surface area contributed by atoms with Gasteiger partial charge < -0.3 is 18.9 Å². The van der Waals surface area contributed by atoms with E-state index in [1.54, 1.807) is 21.1 Å². The van der Waals surface area contributed by atoms with E-state index in [1.165, 1.54) is 0 Å². The summed E-state index contributed by atoms with van der Waals surface area (Å²) in [4.78, 5) is 11.0. The smallest absolute Gasteiger partial charge is 0.407 e. The van der Waals surface area contributed by atoms with Crippen molar-refractivity contribution in [1.29, 1.82) is 0 Å². The maximum atomic E-state index is 11.0. The molecule has 19 heavy (non-hydrogen) atoms. The van der Waals surface area contributed by atoms with Crippen LogP contribution in [0.5, 0.6) is 0 Å². The lowest BCUT2D eigenvalue weighted by atomic mass is 10.2. The van der Waals surface area contributed by atoms with E-state index in [-0.39, 0.29) is 6.09 Å². The van der Waals surface area contributed by atoms with E-state index < -0.39 is 8.56 Å². The molecule has 5 nitrogen and oxygen atoms in total. The predicted molar refractivity (Wildman–Crippen MR) is 78.6 cm³/mol. The molecule has 0 aliphatic carbocycles. The molecule has 0 radical (unpaired) electrons. The number of carbonyl (C=O) groups excluding carboxylic acids is 1.